The summed E-state index contributed by atoms with van der Waals surface area (Å²) in [6.07, 6.45) is 1.61. The van der Waals surface area contributed by atoms with Crippen LogP contribution in [0.3, 0.4) is 0 Å². The third kappa shape index (κ3) is 3.38. The number of hydrogen-bond acceptors (Lipinski definition) is 2. The van der Waals surface area contributed by atoms with Crippen LogP contribution in [0.2, 0.25) is 10.0 Å². The van der Waals surface area contributed by atoms with Crippen molar-refractivity contribution in [3.63, 3.8) is 0 Å². The van der Waals surface area contributed by atoms with Crippen molar-refractivity contribution in [2.75, 3.05) is 0 Å². The third-order valence-electron chi connectivity index (χ3n) is 2.76. The Morgan fingerprint density at radius 2 is 1.71 bits per heavy atom. The number of pyridine rings is 1. The summed E-state index contributed by atoms with van der Waals surface area (Å²) in [4.78, 5) is 4.21. The Kier molecular flexibility index (Phi) is 4.88. The van der Waals surface area contributed by atoms with Crippen molar-refractivity contribution in [1.29, 1.82) is 0 Å². The summed E-state index contributed by atoms with van der Waals surface area (Å²) in [5.41, 5.74) is 0.641. The summed E-state index contributed by atoms with van der Waals surface area (Å²) in [5.74, 6) is 0.745. The van der Waals surface area contributed by atoms with Gasteiger partial charge in [-0.2, -0.15) is 0 Å². The largest absolute Gasteiger partial charge is 0.457 e. The second-order valence-electron chi connectivity index (χ2n) is 4.15. The lowest BCUT2D eigenvalue weighted by molar-refractivity contribution is 0.485. The topological polar surface area (TPSA) is 22.1 Å². The average Bonchev–Trinajstić information content (AvgIpc) is 2.41. The van der Waals surface area contributed by atoms with Gasteiger partial charge in [0.2, 0.25) is 0 Å². The molecule has 0 aliphatic rings. The number of nitrogens with zero attached hydrogens (tertiary/aromatic N) is 1. The summed E-state index contributed by atoms with van der Waals surface area (Å²) >= 11 is 12.1. The van der Waals surface area contributed by atoms with Gasteiger partial charge in [-0.25, -0.2) is 4.39 Å². The lowest BCUT2D eigenvalue weighted by Crippen LogP contribution is -1.89. The van der Waals surface area contributed by atoms with E-state index < -0.39 is 0 Å². The quantitative estimate of drug-likeness (QED) is 0.578. The van der Waals surface area contributed by atoms with E-state index >= 15 is 0 Å². The van der Waals surface area contributed by atoms with Gasteiger partial charge in [-0.05, 0) is 42.5 Å². The van der Waals surface area contributed by atoms with E-state index in [1.807, 2.05) is 0 Å². The molecule has 0 fully saturated rings. The van der Waals surface area contributed by atoms with Gasteiger partial charge in [0.25, 0.3) is 0 Å². The van der Waals surface area contributed by atoms with E-state index in [1.165, 1.54) is 12.1 Å². The van der Waals surface area contributed by atoms with Gasteiger partial charge in [0.15, 0.2) is 0 Å². The smallest absolute Gasteiger partial charge is 0.139 e. The first kappa shape index (κ1) is 15.8. The molecule has 0 saturated carbocycles. The van der Waals surface area contributed by atoms with Crippen molar-refractivity contribution in [3.8, 4) is 11.5 Å². The molecule has 0 saturated heterocycles. The molecule has 0 unspecified atom stereocenters. The molecule has 0 N–H and O–H groups in total. The van der Waals surface area contributed by atoms with E-state index in [-0.39, 0.29) is 18.2 Å². The number of ether oxygens (including phenoxy) is 1. The number of halogens is 4. The number of aromatic nitrogens is 1. The molecule has 1 aromatic heterocycles. The maximum Gasteiger partial charge on any atom is 0.139 e. The van der Waals surface area contributed by atoms with Gasteiger partial charge >= 0.3 is 0 Å². The number of benzene rings is 2. The molecule has 3 rings (SSSR count). The Bertz CT molecular complexity index is 778. The highest BCUT2D eigenvalue weighted by Gasteiger charge is 2.10. The van der Waals surface area contributed by atoms with Gasteiger partial charge in [0, 0.05) is 11.2 Å². The zero-order valence-electron chi connectivity index (χ0n) is 10.5. The lowest BCUT2D eigenvalue weighted by Gasteiger charge is -2.10. The Morgan fingerprint density at radius 3 is 2.43 bits per heavy atom. The molecule has 0 spiro atoms. The van der Waals surface area contributed by atoms with Crippen LogP contribution in [0, 0.1) is 5.82 Å². The molecular formula is C15H9Cl3FNO. The van der Waals surface area contributed by atoms with Gasteiger partial charge in [-0.3, -0.25) is 4.98 Å². The predicted octanol–water partition coefficient (Wildman–Crippen LogP) is 5.89. The molecule has 2 nitrogen and oxygen atoms in total. The lowest BCUT2D eigenvalue weighted by atomic mass is 10.2. The molecule has 0 aliphatic carbocycles. The molecule has 108 valence electrons. The van der Waals surface area contributed by atoms with Crippen LogP contribution >= 0.6 is 35.6 Å². The van der Waals surface area contributed by atoms with Gasteiger partial charge < -0.3 is 4.74 Å². The molecule has 0 aliphatic heterocycles. The van der Waals surface area contributed by atoms with Crippen LogP contribution in [0.25, 0.3) is 10.9 Å². The highest BCUT2D eigenvalue weighted by atomic mass is 35.5. The van der Waals surface area contributed by atoms with Gasteiger partial charge in [0.1, 0.15) is 17.3 Å². The first-order valence-electron chi connectivity index (χ1n) is 5.81. The van der Waals surface area contributed by atoms with Crippen LogP contribution in [0.4, 0.5) is 4.39 Å². The molecule has 0 bridgehead atoms. The normalized spacial score (nSPS) is 10.2. The highest BCUT2D eigenvalue weighted by Crippen LogP contribution is 2.35. The van der Waals surface area contributed by atoms with Crippen molar-refractivity contribution in [2.45, 2.75) is 0 Å². The number of fused-ring (bicyclic) bond motifs is 1. The predicted molar refractivity (Wildman–Crippen MR) is 85.5 cm³/mol. The van der Waals surface area contributed by atoms with E-state index in [4.69, 9.17) is 27.9 Å². The summed E-state index contributed by atoms with van der Waals surface area (Å²) < 4.78 is 18.6. The molecule has 3 aromatic rings. The molecule has 1 heterocycles. The second kappa shape index (κ2) is 6.48. The average molecular weight is 345 g/mol. The number of rotatable bonds is 2. The van der Waals surface area contributed by atoms with Crippen LogP contribution in [-0.2, 0) is 0 Å². The molecular weight excluding hydrogens is 336 g/mol. The number of hydrogen-bond donors (Lipinski definition) is 0. The molecule has 21 heavy (non-hydrogen) atoms. The molecule has 0 radical (unpaired) electrons. The molecule has 2 aromatic carbocycles. The fourth-order valence-corrected chi connectivity index (χ4v) is 2.46. The van der Waals surface area contributed by atoms with Crippen molar-refractivity contribution < 1.29 is 9.13 Å². The fourth-order valence-electron chi connectivity index (χ4n) is 1.89. The minimum absolute atomic E-state index is 0. The summed E-state index contributed by atoms with van der Waals surface area (Å²) in [6.45, 7) is 0. The fraction of sp³-hybridized carbons (Fsp3) is 0. The minimum atomic E-state index is -0.318. The van der Waals surface area contributed by atoms with E-state index in [0.717, 1.165) is 0 Å². The first-order valence-corrected chi connectivity index (χ1v) is 6.56. The first-order chi connectivity index (χ1) is 9.63. The standard InChI is InChI=1S/C15H8Cl2FNO.ClH/c16-9-7-12(17)15-13(8-9)19-6-5-14(15)20-11-3-1-10(18)2-4-11;/h1-8H;1H. The van der Waals surface area contributed by atoms with Crippen LogP contribution < -0.4 is 4.74 Å². The highest BCUT2D eigenvalue weighted by molar-refractivity contribution is 6.39. The van der Waals surface area contributed by atoms with Gasteiger partial charge in [0.05, 0.1) is 15.9 Å². The Labute approximate surface area is 136 Å². The van der Waals surface area contributed by atoms with E-state index in [0.29, 0.717) is 32.4 Å². The van der Waals surface area contributed by atoms with Gasteiger partial charge in [-0.1, -0.05) is 23.2 Å². The Hall–Kier alpha value is -1.55. The van der Waals surface area contributed by atoms with Crippen molar-refractivity contribution in [3.05, 3.63) is 64.5 Å². The molecule has 0 amide bonds. The molecule has 0 atom stereocenters. The summed E-state index contributed by atoms with van der Waals surface area (Å²) in [5, 5.41) is 1.63. The van der Waals surface area contributed by atoms with E-state index in [9.17, 15) is 4.39 Å². The van der Waals surface area contributed by atoms with Crippen LogP contribution in [0.5, 0.6) is 11.5 Å². The maximum atomic E-state index is 12.9. The Morgan fingerprint density at radius 1 is 1.00 bits per heavy atom. The van der Waals surface area contributed by atoms with Crippen molar-refractivity contribution in [2.24, 2.45) is 0 Å². The van der Waals surface area contributed by atoms with E-state index in [2.05, 4.69) is 4.98 Å². The van der Waals surface area contributed by atoms with Crippen molar-refractivity contribution >= 4 is 46.5 Å². The van der Waals surface area contributed by atoms with Gasteiger partial charge in [-0.15, -0.1) is 12.4 Å². The summed E-state index contributed by atoms with van der Waals surface area (Å²) in [7, 11) is 0. The zero-order valence-corrected chi connectivity index (χ0v) is 12.8. The maximum absolute atomic E-state index is 12.9. The summed E-state index contributed by atoms with van der Waals surface area (Å²) in [6, 6.07) is 10.8. The van der Waals surface area contributed by atoms with Crippen LogP contribution in [-0.4, -0.2) is 4.98 Å². The monoisotopic (exact) mass is 343 g/mol. The third-order valence-corrected chi connectivity index (χ3v) is 3.28. The minimum Gasteiger partial charge on any atom is -0.457 e. The van der Waals surface area contributed by atoms with Crippen LogP contribution in [0.1, 0.15) is 0 Å². The zero-order chi connectivity index (χ0) is 14.1. The van der Waals surface area contributed by atoms with Crippen molar-refractivity contribution in [1.82, 2.24) is 4.98 Å². The molecule has 6 heteroatoms. The van der Waals surface area contributed by atoms with E-state index in [1.54, 1.807) is 36.5 Å². The Balaban J connectivity index is 0.00000161. The van der Waals surface area contributed by atoms with Crippen LogP contribution in [0.15, 0.2) is 48.7 Å². The second-order valence-corrected chi connectivity index (χ2v) is 4.99. The SMILES string of the molecule is Cl.Fc1ccc(Oc2ccnc3cc(Cl)cc(Cl)c23)cc1.